The SMILES string of the molecule is Nc1nc2c(c(=O)n1C(CCC(F)(F)F)CCC(F)(F)F)CCN(C(=O)CC(C(F)(F)F)C(F)(F)F)C2. The summed E-state index contributed by atoms with van der Waals surface area (Å²) in [4.78, 5) is 29.4. The third kappa shape index (κ3) is 8.41. The molecule has 212 valence electrons. The highest BCUT2D eigenvalue weighted by Crippen LogP contribution is 2.42. The molecular weight excluding hydrogens is 544 g/mol. The Hall–Kier alpha value is -2.69. The Balaban J connectivity index is 2.33. The van der Waals surface area contributed by atoms with Crippen LogP contribution < -0.4 is 11.3 Å². The minimum atomic E-state index is -5.76. The van der Waals surface area contributed by atoms with Crippen LogP contribution in [0.25, 0.3) is 0 Å². The minimum Gasteiger partial charge on any atom is -0.369 e. The summed E-state index contributed by atoms with van der Waals surface area (Å²) >= 11 is 0. The van der Waals surface area contributed by atoms with Crippen LogP contribution in [0, 0.1) is 5.92 Å². The number of aromatic nitrogens is 2. The van der Waals surface area contributed by atoms with Gasteiger partial charge in [-0.15, -0.1) is 0 Å². The van der Waals surface area contributed by atoms with E-state index in [0.29, 0.717) is 9.47 Å². The third-order valence-corrected chi connectivity index (χ3v) is 5.70. The van der Waals surface area contributed by atoms with Gasteiger partial charge in [0.1, 0.15) is 0 Å². The number of amides is 1. The first-order valence-electron chi connectivity index (χ1n) is 10.5. The number of alkyl halides is 12. The van der Waals surface area contributed by atoms with E-state index in [4.69, 9.17) is 5.73 Å². The van der Waals surface area contributed by atoms with E-state index in [9.17, 15) is 62.3 Å². The molecule has 0 aromatic carbocycles. The number of carbonyl (C=O) groups excluding carboxylic acids is 1. The monoisotopic (exact) mass is 564 g/mol. The number of nitrogens with zero attached hydrogens (tertiary/aromatic N) is 3. The molecule has 1 aromatic rings. The van der Waals surface area contributed by atoms with Gasteiger partial charge in [0.05, 0.1) is 12.2 Å². The van der Waals surface area contributed by atoms with Crippen LogP contribution in [0.1, 0.15) is 49.4 Å². The van der Waals surface area contributed by atoms with Gasteiger partial charge in [-0.3, -0.25) is 14.2 Å². The number of hydrogen-bond acceptors (Lipinski definition) is 4. The maximum atomic E-state index is 12.9. The van der Waals surface area contributed by atoms with Crippen molar-refractivity contribution < 1.29 is 57.5 Å². The zero-order valence-corrected chi connectivity index (χ0v) is 18.6. The fourth-order valence-electron chi connectivity index (χ4n) is 3.87. The lowest BCUT2D eigenvalue weighted by Crippen LogP contribution is -2.45. The molecule has 0 unspecified atom stereocenters. The summed E-state index contributed by atoms with van der Waals surface area (Å²) in [6.07, 6.45) is -28.5. The van der Waals surface area contributed by atoms with Crippen LogP contribution in [0.2, 0.25) is 0 Å². The van der Waals surface area contributed by atoms with E-state index >= 15 is 0 Å². The van der Waals surface area contributed by atoms with Crippen molar-refractivity contribution in [1.82, 2.24) is 14.5 Å². The summed E-state index contributed by atoms with van der Waals surface area (Å²) in [7, 11) is 0. The fourth-order valence-corrected chi connectivity index (χ4v) is 3.87. The van der Waals surface area contributed by atoms with Crippen molar-refractivity contribution in [2.45, 2.75) is 75.8 Å². The van der Waals surface area contributed by atoms with E-state index < -0.39 is 106 Å². The molecule has 0 saturated carbocycles. The fraction of sp³-hybridized carbons (Fsp3) is 0.737. The van der Waals surface area contributed by atoms with Crippen molar-refractivity contribution in [3.63, 3.8) is 0 Å². The zero-order chi connectivity index (χ0) is 28.6. The molecule has 0 radical (unpaired) electrons. The van der Waals surface area contributed by atoms with Gasteiger partial charge in [0.25, 0.3) is 5.56 Å². The highest BCUT2D eigenvalue weighted by Gasteiger charge is 2.57. The van der Waals surface area contributed by atoms with E-state index in [2.05, 4.69) is 4.98 Å². The van der Waals surface area contributed by atoms with Crippen molar-refractivity contribution in [1.29, 1.82) is 0 Å². The van der Waals surface area contributed by atoms with Crippen LogP contribution in [0.5, 0.6) is 0 Å². The molecule has 0 atom stereocenters. The predicted molar refractivity (Wildman–Crippen MR) is 102 cm³/mol. The molecule has 6 nitrogen and oxygen atoms in total. The standard InChI is InChI=1S/C19H20F12N4O2/c20-16(21,22)4-1-9(2-5-17(23,24)25)35-14(37)10-3-6-34(8-11(10)33-15(35)32)13(36)7-12(18(26,27)28)19(29,30)31/h9,12H,1-8H2,(H2,32,33). The van der Waals surface area contributed by atoms with Gasteiger partial charge in [0.15, 0.2) is 5.92 Å². The molecule has 1 aliphatic rings. The molecule has 0 spiro atoms. The molecule has 1 amide bonds. The van der Waals surface area contributed by atoms with Gasteiger partial charge in [-0.25, -0.2) is 4.98 Å². The number of carbonyl (C=O) groups is 1. The molecule has 1 aromatic heterocycles. The predicted octanol–water partition coefficient (Wildman–Crippen LogP) is 5.07. The molecule has 18 heteroatoms. The summed E-state index contributed by atoms with van der Waals surface area (Å²) in [5.41, 5.74) is 3.92. The molecule has 2 heterocycles. The maximum absolute atomic E-state index is 12.9. The quantitative estimate of drug-likeness (QED) is 0.470. The van der Waals surface area contributed by atoms with Crippen molar-refractivity contribution in [3.8, 4) is 0 Å². The first-order valence-corrected chi connectivity index (χ1v) is 10.5. The van der Waals surface area contributed by atoms with Crippen LogP contribution in [0.3, 0.4) is 0 Å². The van der Waals surface area contributed by atoms with Crippen molar-refractivity contribution in [3.05, 3.63) is 21.6 Å². The number of halogens is 12. The van der Waals surface area contributed by atoms with E-state index in [1.54, 1.807) is 0 Å². The zero-order valence-electron chi connectivity index (χ0n) is 18.6. The number of fused-ring (bicyclic) bond motifs is 1. The maximum Gasteiger partial charge on any atom is 0.400 e. The van der Waals surface area contributed by atoms with Crippen LogP contribution in [0.15, 0.2) is 4.79 Å². The number of anilines is 1. The Kier molecular flexibility index (Phi) is 8.74. The lowest BCUT2D eigenvalue weighted by molar-refractivity contribution is -0.284. The highest BCUT2D eigenvalue weighted by molar-refractivity contribution is 5.77. The summed E-state index contributed by atoms with van der Waals surface area (Å²) < 4.78 is 153. The summed E-state index contributed by atoms with van der Waals surface area (Å²) in [5.74, 6) is -6.30. The lowest BCUT2D eigenvalue weighted by Gasteiger charge is -2.31. The second-order valence-electron chi connectivity index (χ2n) is 8.44. The Bertz CT molecular complexity index is 995. The highest BCUT2D eigenvalue weighted by atomic mass is 19.4. The molecular formula is C19H20F12N4O2. The molecule has 0 fully saturated rings. The van der Waals surface area contributed by atoms with Gasteiger partial charge in [0, 0.05) is 37.4 Å². The van der Waals surface area contributed by atoms with E-state index in [1.165, 1.54) is 0 Å². The molecule has 0 saturated heterocycles. The topological polar surface area (TPSA) is 81.2 Å². The van der Waals surface area contributed by atoms with Gasteiger partial charge < -0.3 is 10.6 Å². The van der Waals surface area contributed by atoms with Crippen molar-refractivity contribution in [2.75, 3.05) is 12.3 Å². The molecule has 37 heavy (non-hydrogen) atoms. The molecule has 1 aliphatic heterocycles. The van der Waals surface area contributed by atoms with Gasteiger partial charge in [-0.2, -0.15) is 52.7 Å². The number of rotatable bonds is 7. The molecule has 0 aliphatic carbocycles. The largest absolute Gasteiger partial charge is 0.400 e. The summed E-state index contributed by atoms with van der Waals surface area (Å²) in [6.45, 7) is -1.27. The van der Waals surface area contributed by atoms with Gasteiger partial charge in [0.2, 0.25) is 11.9 Å². The Morgan fingerprint density at radius 2 is 1.38 bits per heavy atom. The second-order valence-corrected chi connectivity index (χ2v) is 8.44. The smallest absolute Gasteiger partial charge is 0.369 e. The number of nitrogen functional groups attached to an aromatic ring is 1. The third-order valence-electron chi connectivity index (χ3n) is 5.70. The minimum absolute atomic E-state index is 0.273. The molecule has 0 bridgehead atoms. The average molecular weight is 564 g/mol. The lowest BCUT2D eigenvalue weighted by atomic mass is 10.0. The van der Waals surface area contributed by atoms with Crippen LogP contribution in [0.4, 0.5) is 58.6 Å². The van der Waals surface area contributed by atoms with Gasteiger partial charge >= 0.3 is 24.7 Å². The summed E-state index contributed by atoms with van der Waals surface area (Å²) in [5, 5.41) is 0. The summed E-state index contributed by atoms with van der Waals surface area (Å²) in [6, 6.07) is -1.66. The average Bonchev–Trinajstić information content (AvgIpc) is 2.69. The van der Waals surface area contributed by atoms with Crippen LogP contribution in [-0.4, -0.2) is 51.6 Å². The van der Waals surface area contributed by atoms with E-state index in [0.717, 1.165) is 0 Å². The van der Waals surface area contributed by atoms with Crippen LogP contribution in [-0.2, 0) is 17.8 Å². The van der Waals surface area contributed by atoms with Gasteiger partial charge in [-0.05, 0) is 19.3 Å². The number of hydrogen-bond donors (Lipinski definition) is 1. The Morgan fingerprint density at radius 1 is 0.892 bits per heavy atom. The van der Waals surface area contributed by atoms with Gasteiger partial charge in [-0.1, -0.05) is 0 Å². The Labute approximate surface area is 200 Å². The first kappa shape index (κ1) is 30.5. The van der Waals surface area contributed by atoms with Crippen LogP contribution >= 0.6 is 0 Å². The Morgan fingerprint density at radius 3 is 1.81 bits per heavy atom. The number of nitrogens with two attached hydrogens (primary N) is 1. The molecule has 2 N–H and O–H groups in total. The van der Waals surface area contributed by atoms with Crippen molar-refractivity contribution >= 4 is 11.9 Å². The van der Waals surface area contributed by atoms with E-state index in [1.807, 2.05) is 0 Å². The first-order chi connectivity index (χ1) is 16.6. The molecule has 2 rings (SSSR count). The normalized spacial score (nSPS) is 15.5. The van der Waals surface area contributed by atoms with E-state index in [-0.39, 0.29) is 11.3 Å². The van der Waals surface area contributed by atoms with Crippen molar-refractivity contribution in [2.24, 2.45) is 5.92 Å². The second kappa shape index (κ2) is 10.6.